The van der Waals surface area contributed by atoms with Crippen molar-refractivity contribution >= 4 is 17.3 Å². The van der Waals surface area contributed by atoms with E-state index in [1.165, 1.54) is 4.57 Å². The molecule has 2 rings (SSSR count). The van der Waals surface area contributed by atoms with Crippen molar-refractivity contribution in [2.75, 3.05) is 7.11 Å². The molecular formula is C13H13NO4S. The normalized spacial score (nSPS) is 10.4. The van der Waals surface area contributed by atoms with Crippen LogP contribution in [0.3, 0.4) is 0 Å². The van der Waals surface area contributed by atoms with Crippen LogP contribution in [-0.4, -0.2) is 22.8 Å². The number of thiazole rings is 1. The highest BCUT2D eigenvalue weighted by molar-refractivity contribution is 7.07. The molecule has 0 radical (unpaired) electrons. The number of rotatable bonds is 4. The third-order valence-corrected chi connectivity index (χ3v) is 3.47. The molecule has 1 aromatic heterocycles. The zero-order valence-electron chi connectivity index (χ0n) is 10.5. The van der Waals surface area contributed by atoms with E-state index in [2.05, 4.69) is 0 Å². The van der Waals surface area contributed by atoms with Gasteiger partial charge in [-0.25, -0.2) is 0 Å². The van der Waals surface area contributed by atoms with E-state index in [1.54, 1.807) is 18.6 Å². The predicted molar refractivity (Wildman–Crippen MR) is 72.9 cm³/mol. The van der Waals surface area contributed by atoms with Gasteiger partial charge in [0, 0.05) is 10.9 Å². The van der Waals surface area contributed by atoms with Crippen LogP contribution in [0, 0.1) is 6.92 Å². The first-order chi connectivity index (χ1) is 9.02. The van der Waals surface area contributed by atoms with Crippen molar-refractivity contribution in [3.05, 3.63) is 38.8 Å². The van der Waals surface area contributed by atoms with Crippen molar-refractivity contribution in [2.24, 2.45) is 0 Å². The number of carbonyl (C=O) groups is 1. The molecule has 2 aromatic rings. The first-order valence-electron chi connectivity index (χ1n) is 5.58. The summed E-state index contributed by atoms with van der Waals surface area (Å²) in [5.74, 6) is -0.434. The Balaban J connectivity index is 2.62. The molecule has 5 nitrogen and oxygen atoms in total. The molecular weight excluding hydrogens is 266 g/mol. The first kappa shape index (κ1) is 13.4. The van der Waals surface area contributed by atoms with E-state index in [0.29, 0.717) is 11.4 Å². The highest BCUT2D eigenvalue weighted by Gasteiger charge is 2.15. The number of aliphatic carboxylic acids is 1. The number of nitrogens with zero attached hydrogens (tertiary/aromatic N) is 1. The number of aromatic nitrogens is 1. The van der Waals surface area contributed by atoms with Crippen LogP contribution in [0.15, 0.2) is 28.4 Å². The van der Waals surface area contributed by atoms with Crippen LogP contribution in [0.2, 0.25) is 0 Å². The Labute approximate surface area is 113 Å². The molecule has 6 heteroatoms. The molecule has 1 N–H and O–H groups in total. The van der Waals surface area contributed by atoms with Crippen LogP contribution in [0.1, 0.15) is 5.56 Å². The number of hydrogen-bond acceptors (Lipinski definition) is 4. The van der Waals surface area contributed by atoms with Crippen molar-refractivity contribution in [1.82, 2.24) is 4.57 Å². The molecule has 0 aliphatic rings. The standard InChI is InChI=1S/C13H13NO4S/c1-8-3-4-11(18-2)9(5-8)10-7-19-13(17)14(10)6-12(15)16/h3-5,7H,6H2,1-2H3,(H,15,16). The van der Waals surface area contributed by atoms with E-state index >= 15 is 0 Å². The summed E-state index contributed by atoms with van der Waals surface area (Å²) in [6.45, 7) is 1.57. The number of hydrogen-bond donors (Lipinski definition) is 1. The zero-order chi connectivity index (χ0) is 14.0. The van der Waals surface area contributed by atoms with E-state index in [-0.39, 0.29) is 11.4 Å². The van der Waals surface area contributed by atoms with Crippen LogP contribution in [0.5, 0.6) is 5.75 Å². The van der Waals surface area contributed by atoms with E-state index in [4.69, 9.17) is 9.84 Å². The molecule has 0 bridgehead atoms. The molecule has 19 heavy (non-hydrogen) atoms. The maximum Gasteiger partial charge on any atom is 0.323 e. The fraction of sp³-hybridized carbons (Fsp3) is 0.231. The number of ether oxygens (including phenoxy) is 1. The lowest BCUT2D eigenvalue weighted by Gasteiger charge is -2.10. The summed E-state index contributed by atoms with van der Waals surface area (Å²) in [6.07, 6.45) is 0. The molecule has 0 saturated carbocycles. The summed E-state index contributed by atoms with van der Waals surface area (Å²) in [4.78, 5) is 22.3. The second-order valence-electron chi connectivity index (χ2n) is 4.07. The lowest BCUT2D eigenvalue weighted by Crippen LogP contribution is -2.19. The smallest absolute Gasteiger partial charge is 0.323 e. The van der Waals surface area contributed by atoms with Crippen LogP contribution >= 0.6 is 11.3 Å². The second kappa shape index (κ2) is 5.27. The Morgan fingerprint density at radius 1 is 1.47 bits per heavy atom. The average Bonchev–Trinajstić information content (AvgIpc) is 2.70. The van der Waals surface area contributed by atoms with Crippen molar-refractivity contribution in [2.45, 2.75) is 13.5 Å². The summed E-state index contributed by atoms with van der Waals surface area (Å²) < 4.78 is 6.51. The molecule has 0 fully saturated rings. The van der Waals surface area contributed by atoms with Gasteiger partial charge < -0.3 is 9.84 Å². The maximum atomic E-state index is 11.7. The largest absolute Gasteiger partial charge is 0.496 e. The minimum absolute atomic E-state index is 0.291. The van der Waals surface area contributed by atoms with Gasteiger partial charge in [0.05, 0.1) is 12.8 Å². The van der Waals surface area contributed by atoms with Gasteiger partial charge in [-0.15, -0.1) is 0 Å². The predicted octanol–water partition coefficient (Wildman–Crippen LogP) is 1.98. The summed E-state index contributed by atoms with van der Waals surface area (Å²) in [5.41, 5.74) is 2.30. The van der Waals surface area contributed by atoms with Gasteiger partial charge in [0.25, 0.3) is 0 Å². The molecule has 1 aromatic carbocycles. The summed E-state index contributed by atoms with van der Waals surface area (Å²) in [6, 6.07) is 5.57. The van der Waals surface area contributed by atoms with E-state index in [1.807, 2.05) is 19.1 Å². The van der Waals surface area contributed by atoms with Crippen LogP contribution in [-0.2, 0) is 11.3 Å². The first-order valence-corrected chi connectivity index (χ1v) is 6.46. The van der Waals surface area contributed by atoms with Gasteiger partial charge in [-0.05, 0) is 19.1 Å². The minimum atomic E-state index is -1.05. The van der Waals surface area contributed by atoms with Gasteiger partial charge in [0.2, 0.25) is 0 Å². The summed E-state index contributed by atoms with van der Waals surface area (Å²) >= 11 is 0.981. The van der Waals surface area contributed by atoms with Crippen molar-refractivity contribution in [3.8, 4) is 17.0 Å². The van der Waals surface area contributed by atoms with Crippen molar-refractivity contribution in [1.29, 1.82) is 0 Å². The summed E-state index contributed by atoms with van der Waals surface area (Å²) in [5, 5.41) is 10.5. The van der Waals surface area contributed by atoms with Gasteiger partial charge in [-0.3, -0.25) is 14.2 Å². The Morgan fingerprint density at radius 3 is 2.84 bits per heavy atom. The molecule has 1 heterocycles. The van der Waals surface area contributed by atoms with Gasteiger partial charge in [0.1, 0.15) is 12.3 Å². The van der Waals surface area contributed by atoms with Gasteiger partial charge in [0.15, 0.2) is 0 Å². The molecule has 0 aliphatic heterocycles. The molecule has 0 unspecified atom stereocenters. The number of carboxylic acids is 1. The van der Waals surface area contributed by atoms with Crippen LogP contribution in [0.25, 0.3) is 11.3 Å². The Morgan fingerprint density at radius 2 is 2.21 bits per heavy atom. The topological polar surface area (TPSA) is 68.5 Å². The highest BCUT2D eigenvalue weighted by Crippen LogP contribution is 2.31. The minimum Gasteiger partial charge on any atom is -0.496 e. The van der Waals surface area contributed by atoms with Gasteiger partial charge in [-0.1, -0.05) is 23.0 Å². The Bertz CT molecular complexity index is 672. The van der Waals surface area contributed by atoms with Crippen LogP contribution in [0.4, 0.5) is 0 Å². The second-order valence-corrected chi connectivity index (χ2v) is 4.89. The molecule has 0 amide bonds. The molecule has 0 saturated heterocycles. The monoisotopic (exact) mass is 279 g/mol. The molecule has 0 spiro atoms. The third kappa shape index (κ3) is 2.68. The van der Waals surface area contributed by atoms with Crippen molar-refractivity contribution < 1.29 is 14.6 Å². The fourth-order valence-electron chi connectivity index (χ4n) is 1.85. The number of benzene rings is 1. The number of methoxy groups -OCH3 is 1. The lowest BCUT2D eigenvalue weighted by molar-refractivity contribution is -0.137. The van der Waals surface area contributed by atoms with Gasteiger partial charge >= 0.3 is 10.8 Å². The quantitative estimate of drug-likeness (QED) is 0.929. The molecule has 0 aliphatic carbocycles. The highest BCUT2D eigenvalue weighted by atomic mass is 32.1. The van der Waals surface area contributed by atoms with Crippen molar-refractivity contribution in [3.63, 3.8) is 0 Å². The Kier molecular flexibility index (Phi) is 3.71. The number of carboxylic acid groups (broad SMARTS) is 1. The lowest BCUT2D eigenvalue weighted by atomic mass is 10.1. The van der Waals surface area contributed by atoms with Crippen LogP contribution < -0.4 is 9.61 Å². The van der Waals surface area contributed by atoms with E-state index in [9.17, 15) is 9.59 Å². The van der Waals surface area contributed by atoms with Gasteiger partial charge in [-0.2, -0.15) is 0 Å². The van der Waals surface area contributed by atoms with E-state index in [0.717, 1.165) is 22.5 Å². The SMILES string of the molecule is COc1ccc(C)cc1-c1csc(=O)n1CC(=O)O. The molecule has 100 valence electrons. The van der Waals surface area contributed by atoms with E-state index < -0.39 is 5.97 Å². The third-order valence-electron chi connectivity index (χ3n) is 2.71. The fourth-order valence-corrected chi connectivity index (χ4v) is 2.60. The maximum absolute atomic E-state index is 11.7. The summed E-state index contributed by atoms with van der Waals surface area (Å²) in [7, 11) is 1.54. The Hall–Kier alpha value is -2.08. The molecule has 0 atom stereocenters. The average molecular weight is 279 g/mol. The number of aryl methyl sites for hydroxylation is 1. The zero-order valence-corrected chi connectivity index (χ0v) is 11.4.